The molecule has 1 aromatic heterocycles. The van der Waals surface area contributed by atoms with E-state index in [4.69, 9.17) is 10.2 Å². The van der Waals surface area contributed by atoms with Crippen LogP contribution < -0.4 is 0 Å². The van der Waals surface area contributed by atoms with Gasteiger partial charge in [-0.15, -0.1) is 0 Å². The van der Waals surface area contributed by atoms with E-state index in [0.29, 0.717) is 10.2 Å². The molecule has 1 aromatic rings. The molecule has 15 heavy (non-hydrogen) atoms. The fourth-order valence-electron chi connectivity index (χ4n) is 1.12. The van der Waals surface area contributed by atoms with Gasteiger partial charge in [0.05, 0.1) is 12.3 Å². The van der Waals surface area contributed by atoms with Gasteiger partial charge in [-0.2, -0.15) is 0 Å². The molecule has 0 aliphatic carbocycles. The number of aromatic nitrogens is 1. The van der Waals surface area contributed by atoms with Crippen LogP contribution in [0.2, 0.25) is 0 Å². The van der Waals surface area contributed by atoms with Crippen molar-refractivity contribution >= 4 is 27.9 Å². The Balaban J connectivity index is 2.94. The molecular formula is C9H8BrNO4. The molecule has 0 saturated carbocycles. The van der Waals surface area contributed by atoms with Gasteiger partial charge in [0.1, 0.15) is 4.60 Å². The van der Waals surface area contributed by atoms with Gasteiger partial charge in [0.2, 0.25) is 0 Å². The second-order valence-corrected chi connectivity index (χ2v) is 3.72. The van der Waals surface area contributed by atoms with E-state index >= 15 is 0 Å². The summed E-state index contributed by atoms with van der Waals surface area (Å²) in [6.45, 7) is 0. The summed E-state index contributed by atoms with van der Waals surface area (Å²) in [5.41, 5.74) is 0.383. The third-order valence-electron chi connectivity index (χ3n) is 1.83. The number of hydrogen-bond donors (Lipinski definition) is 2. The summed E-state index contributed by atoms with van der Waals surface area (Å²) in [5, 5.41) is 17.4. The molecule has 6 heteroatoms. The van der Waals surface area contributed by atoms with Gasteiger partial charge in [0.15, 0.2) is 0 Å². The Bertz CT molecular complexity index is 376. The minimum atomic E-state index is -1.17. The lowest BCUT2D eigenvalue weighted by atomic mass is 9.98. The molecule has 0 spiro atoms. The summed E-state index contributed by atoms with van der Waals surface area (Å²) in [6.07, 6.45) is 0.907. The number of aliphatic carboxylic acids is 2. The lowest BCUT2D eigenvalue weighted by molar-refractivity contribution is -0.145. The fourth-order valence-corrected chi connectivity index (χ4v) is 1.35. The molecule has 0 saturated heterocycles. The smallest absolute Gasteiger partial charge is 0.311 e. The third-order valence-corrected chi connectivity index (χ3v) is 2.30. The van der Waals surface area contributed by atoms with Gasteiger partial charge in [-0.1, -0.05) is 6.07 Å². The SMILES string of the molecule is O=C(O)CC(C(=O)O)c1ccc(Br)nc1. The summed E-state index contributed by atoms with van der Waals surface area (Å²) >= 11 is 3.11. The number of carbonyl (C=O) groups is 2. The topological polar surface area (TPSA) is 87.5 Å². The number of carboxylic acids is 2. The van der Waals surface area contributed by atoms with E-state index in [1.54, 1.807) is 12.1 Å². The van der Waals surface area contributed by atoms with Crippen LogP contribution in [-0.4, -0.2) is 27.1 Å². The number of pyridine rings is 1. The largest absolute Gasteiger partial charge is 0.481 e. The molecule has 1 atom stereocenters. The van der Waals surface area contributed by atoms with E-state index in [1.165, 1.54) is 6.20 Å². The molecule has 0 bridgehead atoms. The van der Waals surface area contributed by atoms with E-state index in [0.717, 1.165) is 0 Å². The Morgan fingerprint density at radius 1 is 1.40 bits per heavy atom. The predicted octanol–water partition coefficient (Wildman–Crippen LogP) is 1.49. The molecular weight excluding hydrogens is 266 g/mol. The van der Waals surface area contributed by atoms with Crippen molar-refractivity contribution in [2.75, 3.05) is 0 Å². The van der Waals surface area contributed by atoms with Crippen molar-refractivity contribution in [1.29, 1.82) is 0 Å². The molecule has 2 N–H and O–H groups in total. The molecule has 0 aliphatic heterocycles. The Labute approximate surface area is 93.9 Å². The van der Waals surface area contributed by atoms with Crippen LogP contribution in [0.15, 0.2) is 22.9 Å². The lowest BCUT2D eigenvalue weighted by Crippen LogP contribution is -2.16. The van der Waals surface area contributed by atoms with Gasteiger partial charge in [-0.05, 0) is 27.6 Å². The summed E-state index contributed by atoms with van der Waals surface area (Å²) < 4.78 is 0.575. The van der Waals surface area contributed by atoms with Crippen molar-refractivity contribution < 1.29 is 19.8 Å². The number of nitrogens with zero attached hydrogens (tertiary/aromatic N) is 1. The number of halogens is 1. The summed E-state index contributed by atoms with van der Waals surface area (Å²) in [7, 11) is 0. The number of hydrogen-bond acceptors (Lipinski definition) is 3. The Morgan fingerprint density at radius 3 is 2.47 bits per heavy atom. The Hall–Kier alpha value is -1.43. The molecule has 80 valence electrons. The highest BCUT2D eigenvalue weighted by molar-refractivity contribution is 9.10. The third kappa shape index (κ3) is 3.32. The normalized spacial score (nSPS) is 12.1. The highest BCUT2D eigenvalue weighted by Crippen LogP contribution is 2.20. The van der Waals surface area contributed by atoms with Crippen molar-refractivity contribution in [3.05, 3.63) is 28.5 Å². The summed E-state index contributed by atoms with van der Waals surface area (Å²) in [5.74, 6) is -3.37. The molecule has 1 rings (SSSR count). The van der Waals surface area contributed by atoms with E-state index in [-0.39, 0.29) is 0 Å². The van der Waals surface area contributed by atoms with Gasteiger partial charge in [0, 0.05) is 6.20 Å². The second-order valence-electron chi connectivity index (χ2n) is 2.90. The van der Waals surface area contributed by atoms with Crippen LogP contribution in [0.3, 0.4) is 0 Å². The van der Waals surface area contributed by atoms with Gasteiger partial charge < -0.3 is 10.2 Å². The monoisotopic (exact) mass is 273 g/mol. The van der Waals surface area contributed by atoms with Crippen LogP contribution in [0.4, 0.5) is 0 Å². The number of carboxylic acid groups (broad SMARTS) is 2. The first-order chi connectivity index (χ1) is 7.00. The maximum Gasteiger partial charge on any atom is 0.311 e. The van der Waals surface area contributed by atoms with Crippen molar-refractivity contribution in [2.45, 2.75) is 12.3 Å². The standard InChI is InChI=1S/C9H8BrNO4/c10-7-2-1-5(4-11-7)6(9(14)15)3-8(12)13/h1-2,4,6H,3H2,(H,12,13)(H,14,15). The Morgan fingerprint density at radius 2 is 2.07 bits per heavy atom. The van der Waals surface area contributed by atoms with Crippen molar-refractivity contribution in [1.82, 2.24) is 4.98 Å². The zero-order chi connectivity index (χ0) is 11.4. The molecule has 0 radical (unpaired) electrons. The fraction of sp³-hybridized carbons (Fsp3) is 0.222. The van der Waals surface area contributed by atoms with Crippen molar-refractivity contribution in [3.8, 4) is 0 Å². The van der Waals surface area contributed by atoms with Gasteiger partial charge in [0.25, 0.3) is 0 Å². The molecule has 0 fully saturated rings. The van der Waals surface area contributed by atoms with Gasteiger partial charge >= 0.3 is 11.9 Å². The zero-order valence-electron chi connectivity index (χ0n) is 7.55. The maximum absolute atomic E-state index is 10.8. The van der Waals surface area contributed by atoms with Crippen molar-refractivity contribution in [2.24, 2.45) is 0 Å². The summed E-state index contributed by atoms with van der Waals surface area (Å²) in [4.78, 5) is 25.1. The maximum atomic E-state index is 10.8. The molecule has 0 amide bonds. The Kier molecular flexibility index (Phi) is 3.79. The lowest BCUT2D eigenvalue weighted by Gasteiger charge is -2.09. The van der Waals surface area contributed by atoms with Crippen LogP contribution in [0.5, 0.6) is 0 Å². The van der Waals surface area contributed by atoms with E-state index in [2.05, 4.69) is 20.9 Å². The van der Waals surface area contributed by atoms with E-state index in [1.807, 2.05) is 0 Å². The molecule has 5 nitrogen and oxygen atoms in total. The highest BCUT2D eigenvalue weighted by atomic mass is 79.9. The molecule has 1 unspecified atom stereocenters. The second kappa shape index (κ2) is 4.88. The van der Waals surface area contributed by atoms with Gasteiger partial charge in [-0.25, -0.2) is 4.98 Å². The minimum absolute atomic E-state index is 0.383. The van der Waals surface area contributed by atoms with Crippen molar-refractivity contribution in [3.63, 3.8) is 0 Å². The minimum Gasteiger partial charge on any atom is -0.481 e. The first-order valence-corrected chi connectivity index (χ1v) is 4.86. The molecule has 0 aromatic carbocycles. The first kappa shape index (κ1) is 11.6. The average molecular weight is 274 g/mol. The molecule has 0 aliphatic rings. The van der Waals surface area contributed by atoms with Crippen LogP contribution in [0, 0.1) is 0 Å². The highest BCUT2D eigenvalue weighted by Gasteiger charge is 2.23. The van der Waals surface area contributed by atoms with Crippen LogP contribution in [0.25, 0.3) is 0 Å². The first-order valence-electron chi connectivity index (χ1n) is 4.06. The predicted molar refractivity (Wildman–Crippen MR) is 54.6 cm³/mol. The van der Waals surface area contributed by atoms with E-state index in [9.17, 15) is 9.59 Å². The van der Waals surface area contributed by atoms with E-state index < -0.39 is 24.3 Å². The van der Waals surface area contributed by atoms with Crippen LogP contribution >= 0.6 is 15.9 Å². The quantitative estimate of drug-likeness (QED) is 0.812. The van der Waals surface area contributed by atoms with Gasteiger partial charge in [-0.3, -0.25) is 9.59 Å². The molecule has 1 heterocycles. The summed E-state index contributed by atoms with van der Waals surface area (Å²) in [6, 6.07) is 3.12. The zero-order valence-corrected chi connectivity index (χ0v) is 9.14. The van der Waals surface area contributed by atoms with Crippen LogP contribution in [0.1, 0.15) is 17.9 Å². The number of rotatable bonds is 4. The average Bonchev–Trinajstić information content (AvgIpc) is 2.15. The van der Waals surface area contributed by atoms with Crippen LogP contribution in [-0.2, 0) is 9.59 Å².